The Morgan fingerprint density at radius 3 is 2.50 bits per heavy atom. The van der Waals surface area contributed by atoms with Crippen LogP contribution in [0.1, 0.15) is 20.8 Å². The van der Waals surface area contributed by atoms with Crippen LogP contribution in [0.15, 0.2) is 28.7 Å². The lowest BCUT2D eigenvalue weighted by Gasteiger charge is -2.17. The van der Waals surface area contributed by atoms with Crippen molar-refractivity contribution in [1.29, 1.82) is 0 Å². The second kappa shape index (κ2) is 11.3. The molecule has 0 aliphatic heterocycles. The molecule has 1 aromatic carbocycles. The van der Waals surface area contributed by atoms with E-state index in [0.717, 1.165) is 10.2 Å². The Hall–Kier alpha value is -1.31. The van der Waals surface area contributed by atoms with E-state index in [0.29, 0.717) is 6.54 Å². The zero-order chi connectivity index (χ0) is 17.4. The quantitative estimate of drug-likeness (QED) is 0.596. The van der Waals surface area contributed by atoms with E-state index in [1.807, 2.05) is 45.0 Å². The van der Waals surface area contributed by atoms with Crippen LogP contribution >= 0.6 is 28.3 Å². The average Bonchev–Trinajstić information content (AvgIpc) is 2.49. The van der Waals surface area contributed by atoms with Crippen molar-refractivity contribution >= 4 is 40.2 Å². The highest BCUT2D eigenvalue weighted by Gasteiger charge is 2.17. The Morgan fingerprint density at radius 1 is 1.25 bits per heavy atom. The lowest BCUT2D eigenvalue weighted by molar-refractivity contribution is -0.127. The first-order valence-corrected chi connectivity index (χ1v) is 8.31. The van der Waals surface area contributed by atoms with Crippen LogP contribution in [0.5, 0.6) is 5.75 Å². The van der Waals surface area contributed by atoms with E-state index in [1.165, 1.54) is 0 Å². The van der Waals surface area contributed by atoms with Crippen LogP contribution < -0.4 is 21.1 Å². The topological polar surface area (TPSA) is 93.5 Å². The third kappa shape index (κ3) is 8.52. The molecule has 136 valence electrons. The second-order valence-electron chi connectivity index (χ2n) is 5.68. The SMILES string of the molecule is CC(CNC(=O)CNC(=O)[C@@H](N)C(C)C)Oc1cccc(Br)c1.Cl. The highest BCUT2D eigenvalue weighted by molar-refractivity contribution is 9.10. The van der Waals surface area contributed by atoms with Gasteiger partial charge in [-0.25, -0.2) is 0 Å². The smallest absolute Gasteiger partial charge is 0.239 e. The number of nitrogens with two attached hydrogens (primary N) is 1. The Labute approximate surface area is 157 Å². The molecule has 0 aliphatic rings. The number of benzene rings is 1. The number of halogens is 2. The molecule has 0 radical (unpaired) electrons. The molecule has 0 heterocycles. The number of carbonyl (C=O) groups excluding carboxylic acids is 2. The number of ether oxygens (including phenoxy) is 1. The molecular weight excluding hydrogens is 398 g/mol. The zero-order valence-electron chi connectivity index (χ0n) is 14.0. The summed E-state index contributed by atoms with van der Waals surface area (Å²) in [5.74, 6) is 0.140. The van der Waals surface area contributed by atoms with Crippen molar-refractivity contribution in [3.8, 4) is 5.75 Å². The minimum Gasteiger partial charge on any atom is -0.489 e. The maximum atomic E-state index is 11.7. The van der Waals surface area contributed by atoms with Crippen LogP contribution in [0.25, 0.3) is 0 Å². The number of rotatable bonds is 8. The van der Waals surface area contributed by atoms with E-state index in [1.54, 1.807) is 0 Å². The molecule has 0 spiro atoms. The highest BCUT2D eigenvalue weighted by atomic mass is 79.9. The van der Waals surface area contributed by atoms with Gasteiger partial charge in [-0.05, 0) is 31.0 Å². The van der Waals surface area contributed by atoms with Gasteiger partial charge in [0.15, 0.2) is 0 Å². The molecule has 4 N–H and O–H groups in total. The first kappa shape index (κ1) is 22.7. The first-order chi connectivity index (χ1) is 10.8. The predicted molar refractivity (Wildman–Crippen MR) is 100 cm³/mol. The van der Waals surface area contributed by atoms with Crippen molar-refractivity contribution in [2.75, 3.05) is 13.1 Å². The fraction of sp³-hybridized carbons (Fsp3) is 0.500. The first-order valence-electron chi connectivity index (χ1n) is 7.51. The largest absolute Gasteiger partial charge is 0.489 e. The molecule has 6 nitrogen and oxygen atoms in total. The van der Waals surface area contributed by atoms with E-state index < -0.39 is 6.04 Å². The molecule has 0 saturated heterocycles. The van der Waals surface area contributed by atoms with E-state index in [4.69, 9.17) is 10.5 Å². The Bertz CT molecular complexity index is 543. The molecule has 0 fully saturated rings. The minimum absolute atomic E-state index is 0. The summed E-state index contributed by atoms with van der Waals surface area (Å²) < 4.78 is 6.62. The van der Waals surface area contributed by atoms with Crippen LogP contribution in [-0.4, -0.2) is 37.0 Å². The van der Waals surface area contributed by atoms with Crippen molar-refractivity contribution in [3.63, 3.8) is 0 Å². The maximum Gasteiger partial charge on any atom is 0.239 e. The highest BCUT2D eigenvalue weighted by Crippen LogP contribution is 2.18. The summed E-state index contributed by atoms with van der Waals surface area (Å²) in [7, 11) is 0. The monoisotopic (exact) mass is 421 g/mol. The molecule has 2 amide bonds. The Morgan fingerprint density at radius 2 is 1.92 bits per heavy atom. The second-order valence-corrected chi connectivity index (χ2v) is 6.59. The molecule has 0 saturated carbocycles. The Kier molecular flexibility index (Phi) is 10.7. The van der Waals surface area contributed by atoms with E-state index in [9.17, 15) is 9.59 Å². The summed E-state index contributed by atoms with van der Waals surface area (Å²) in [6.07, 6.45) is -0.193. The summed E-state index contributed by atoms with van der Waals surface area (Å²) in [4.78, 5) is 23.4. The molecule has 8 heteroatoms. The van der Waals surface area contributed by atoms with Gasteiger partial charge in [0.05, 0.1) is 19.1 Å². The van der Waals surface area contributed by atoms with Crippen molar-refractivity contribution in [3.05, 3.63) is 28.7 Å². The van der Waals surface area contributed by atoms with Gasteiger partial charge in [-0.15, -0.1) is 12.4 Å². The number of amides is 2. The zero-order valence-corrected chi connectivity index (χ0v) is 16.4. The molecule has 1 aromatic rings. The van der Waals surface area contributed by atoms with Gasteiger partial charge in [-0.3, -0.25) is 9.59 Å². The van der Waals surface area contributed by atoms with Crippen LogP contribution in [0, 0.1) is 5.92 Å². The normalized spacial score (nSPS) is 12.8. The van der Waals surface area contributed by atoms with Gasteiger partial charge in [0.25, 0.3) is 0 Å². The van der Waals surface area contributed by atoms with E-state index >= 15 is 0 Å². The summed E-state index contributed by atoms with van der Waals surface area (Å²) in [5, 5.41) is 5.23. The van der Waals surface area contributed by atoms with Crippen LogP contribution in [-0.2, 0) is 9.59 Å². The van der Waals surface area contributed by atoms with Crippen LogP contribution in [0.4, 0.5) is 0 Å². The van der Waals surface area contributed by atoms with Crippen LogP contribution in [0.2, 0.25) is 0 Å². The van der Waals surface area contributed by atoms with Crippen LogP contribution in [0.3, 0.4) is 0 Å². The van der Waals surface area contributed by atoms with Gasteiger partial charge in [0, 0.05) is 4.47 Å². The minimum atomic E-state index is -0.610. The van der Waals surface area contributed by atoms with Gasteiger partial charge in [0.2, 0.25) is 11.8 Å². The molecule has 0 aliphatic carbocycles. The Balaban J connectivity index is 0.00000529. The third-order valence-electron chi connectivity index (χ3n) is 3.16. The predicted octanol–water partition coefficient (Wildman–Crippen LogP) is 1.85. The fourth-order valence-corrected chi connectivity index (χ4v) is 2.10. The average molecular weight is 423 g/mol. The molecule has 0 bridgehead atoms. The van der Waals surface area contributed by atoms with Crippen molar-refractivity contribution in [2.45, 2.75) is 32.9 Å². The number of hydrogen-bond donors (Lipinski definition) is 3. The third-order valence-corrected chi connectivity index (χ3v) is 3.66. The number of nitrogens with one attached hydrogen (secondary N) is 2. The molecule has 1 unspecified atom stereocenters. The fourth-order valence-electron chi connectivity index (χ4n) is 1.72. The van der Waals surface area contributed by atoms with Gasteiger partial charge in [-0.1, -0.05) is 35.8 Å². The summed E-state index contributed by atoms with van der Waals surface area (Å²) >= 11 is 3.37. The van der Waals surface area contributed by atoms with E-state index in [2.05, 4.69) is 26.6 Å². The lowest BCUT2D eigenvalue weighted by atomic mass is 10.1. The molecule has 0 aromatic heterocycles. The molecule has 1 rings (SSSR count). The van der Waals surface area contributed by atoms with Gasteiger partial charge in [0.1, 0.15) is 11.9 Å². The molecular formula is C16H25BrClN3O3. The van der Waals surface area contributed by atoms with Gasteiger partial charge >= 0.3 is 0 Å². The molecule has 24 heavy (non-hydrogen) atoms. The summed E-state index contributed by atoms with van der Waals surface area (Å²) in [5.41, 5.74) is 5.70. The standard InChI is InChI=1S/C16H24BrN3O3.ClH/c1-10(2)15(18)16(22)20-9-14(21)19-8-11(3)23-13-6-4-5-12(17)7-13;/h4-7,10-11,15H,8-9,18H2,1-3H3,(H,19,21)(H,20,22);1H/t11?,15-;/m0./s1. The summed E-state index contributed by atoms with van der Waals surface area (Å²) in [6, 6.07) is 6.87. The van der Waals surface area contributed by atoms with Gasteiger partial charge in [-0.2, -0.15) is 0 Å². The summed E-state index contributed by atoms with van der Waals surface area (Å²) in [6.45, 7) is 5.81. The number of carbonyl (C=O) groups is 2. The van der Waals surface area contributed by atoms with E-state index in [-0.39, 0.29) is 42.8 Å². The van der Waals surface area contributed by atoms with Gasteiger partial charge < -0.3 is 21.1 Å². The van der Waals surface area contributed by atoms with Crippen molar-refractivity contribution in [2.24, 2.45) is 11.7 Å². The van der Waals surface area contributed by atoms with Crippen molar-refractivity contribution in [1.82, 2.24) is 10.6 Å². The molecule has 2 atom stereocenters. The maximum absolute atomic E-state index is 11.7. The number of hydrogen-bond acceptors (Lipinski definition) is 4. The lowest BCUT2D eigenvalue weighted by Crippen LogP contribution is -2.47. The van der Waals surface area contributed by atoms with Crippen molar-refractivity contribution < 1.29 is 14.3 Å².